The monoisotopic (exact) mass is 551 g/mol. The molecule has 3 nitrogen and oxygen atoms in total. The Morgan fingerprint density at radius 1 is 0.628 bits per heavy atom. The number of para-hydroxylation sites is 3. The van der Waals surface area contributed by atoms with E-state index in [0.717, 1.165) is 6.42 Å². The van der Waals surface area contributed by atoms with E-state index in [1.807, 2.05) is 0 Å². The lowest BCUT2D eigenvalue weighted by atomic mass is 9.35. The van der Waals surface area contributed by atoms with Crippen molar-refractivity contribution in [1.29, 1.82) is 0 Å². The predicted molar refractivity (Wildman–Crippen MR) is 181 cm³/mol. The fourth-order valence-corrected chi connectivity index (χ4v) is 8.50. The topological polar surface area (TPSA) is 13.1 Å². The van der Waals surface area contributed by atoms with Crippen LogP contribution in [0.15, 0.2) is 115 Å². The molecule has 4 heterocycles. The van der Waals surface area contributed by atoms with Crippen molar-refractivity contribution < 1.29 is 0 Å². The van der Waals surface area contributed by atoms with Crippen molar-refractivity contribution in [3.8, 4) is 11.4 Å². The van der Waals surface area contributed by atoms with Crippen molar-refractivity contribution in [1.82, 2.24) is 9.13 Å². The van der Waals surface area contributed by atoms with Crippen LogP contribution in [-0.4, -0.2) is 15.8 Å². The zero-order valence-corrected chi connectivity index (χ0v) is 24.2. The number of benzene rings is 5. The standard InChI is InChI=1S/C39H30BN3/c1-25-22-23-30-35(24-25)42(27-14-6-3-7-15-27)39-38(30)41(26-12-4-2-5-13-26)33-20-11-21-34-36(33)40(39)31-18-10-17-29-28-16-8-9-19-32(28)43(34)37(29)31/h2-7,10-15,17-18,20-24H,8-9,16,19H2,1H3. The van der Waals surface area contributed by atoms with Crippen molar-refractivity contribution in [3.05, 3.63) is 132 Å². The summed E-state index contributed by atoms with van der Waals surface area (Å²) in [5.41, 5.74) is 17.6. The average Bonchev–Trinajstić information content (AvgIpc) is 3.57. The van der Waals surface area contributed by atoms with Crippen molar-refractivity contribution in [3.63, 3.8) is 0 Å². The largest absolute Gasteiger partial charge is 0.319 e. The third kappa shape index (κ3) is 3.01. The zero-order chi connectivity index (χ0) is 28.2. The van der Waals surface area contributed by atoms with Gasteiger partial charge in [-0.05, 0) is 97.1 Å². The Kier molecular flexibility index (Phi) is 4.69. The summed E-state index contributed by atoms with van der Waals surface area (Å²) in [4.78, 5) is 2.54. The minimum absolute atomic E-state index is 0.113. The Bertz CT molecular complexity index is 2260. The summed E-state index contributed by atoms with van der Waals surface area (Å²) in [6.07, 6.45) is 4.86. The lowest BCUT2D eigenvalue weighted by Gasteiger charge is -2.39. The number of fused-ring (bicyclic) bond motifs is 9. The molecule has 5 aromatic carbocycles. The van der Waals surface area contributed by atoms with Crippen molar-refractivity contribution in [2.75, 3.05) is 4.90 Å². The molecule has 0 unspecified atom stereocenters. The first-order valence-electron chi connectivity index (χ1n) is 15.6. The molecule has 0 atom stereocenters. The van der Waals surface area contributed by atoms with Crippen LogP contribution < -0.4 is 21.4 Å². The molecule has 3 aliphatic rings. The van der Waals surface area contributed by atoms with Crippen LogP contribution in [0.5, 0.6) is 0 Å². The Morgan fingerprint density at radius 2 is 1.37 bits per heavy atom. The highest BCUT2D eigenvalue weighted by Gasteiger charge is 2.45. The molecular formula is C39H30BN3. The highest BCUT2D eigenvalue weighted by molar-refractivity contribution is 7.00. The Morgan fingerprint density at radius 3 is 2.21 bits per heavy atom. The summed E-state index contributed by atoms with van der Waals surface area (Å²) in [6, 6.07) is 43.1. The summed E-state index contributed by atoms with van der Waals surface area (Å²) < 4.78 is 5.22. The van der Waals surface area contributed by atoms with E-state index in [1.54, 1.807) is 5.56 Å². The van der Waals surface area contributed by atoms with E-state index in [0.29, 0.717) is 0 Å². The Balaban J connectivity index is 1.43. The molecule has 43 heavy (non-hydrogen) atoms. The number of rotatable bonds is 2. The number of aryl methyl sites for hydroxylation is 2. The van der Waals surface area contributed by atoms with Crippen LogP contribution >= 0.6 is 0 Å². The van der Waals surface area contributed by atoms with Crippen molar-refractivity contribution >= 4 is 62.1 Å². The number of aromatic nitrogens is 2. The highest BCUT2D eigenvalue weighted by atomic mass is 15.2. The minimum atomic E-state index is 0.113. The third-order valence-electron chi connectivity index (χ3n) is 10.1. The van der Waals surface area contributed by atoms with E-state index >= 15 is 0 Å². The van der Waals surface area contributed by atoms with Gasteiger partial charge in [0.1, 0.15) is 0 Å². The number of anilines is 3. The van der Waals surface area contributed by atoms with Gasteiger partial charge in [-0.15, -0.1) is 0 Å². The first kappa shape index (κ1) is 23.6. The first-order valence-corrected chi connectivity index (χ1v) is 15.6. The Hall–Kier alpha value is -4.96. The van der Waals surface area contributed by atoms with E-state index in [1.165, 1.54) is 97.3 Å². The minimum Gasteiger partial charge on any atom is -0.319 e. The average molecular weight is 552 g/mol. The molecule has 10 rings (SSSR count). The smallest absolute Gasteiger partial charge is 0.273 e. The molecule has 204 valence electrons. The van der Waals surface area contributed by atoms with Gasteiger partial charge in [0.25, 0.3) is 6.71 Å². The van der Waals surface area contributed by atoms with Gasteiger partial charge >= 0.3 is 0 Å². The number of hydrogen-bond acceptors (Lipinski definition) is 1. The molecule has 0 spiro atoms. The molecule has 1 aliphatic carbocycles. The van der Waals surface area contributed by atoms with Crippen molar-refractivity contribution in [2.24, 2.45) is 0 Å². The van der Waals surface area contributed by atoms with Crippen LogP contribution in [0.1, 0.15) is 29.7 Å². The highest BCUT2D eigenvalue weighted by Crippen LogP contribution is 2.45. The molecule has 0 saturated heterocycles. The van der Waals surface area contributed by atoms with Crippen LogP contribution in [0.4, 0.5) is 17.1 Å². The van der Waals surface area contributed by atoms with Gasteiger partial charge in [0.05, 0.1) is 11.2 Å². The Labute approximate surface area is 251 Å². The molecule has 0 radical (unpaired) electrons. The lowest BCUT2D eigenvalue weighted by molar-refractivity contribution is 0.667. The van der Waals surface area contributed by atoms with E-state index in [9.17, 15) is 0 Å². The van der Waals surface area contributed by atoms with Gasteiger partial charge in [-0.2, -0.15) is 0 Å². The molecule has 0 saturated carbocycles. The SMILES string of the molecule is Cc1ccc2c3c(n(-c4ccccc4)c2c1)B1c2c(cccc2-n2c4c(c5cccc1c52)CCCC4)N3c1ccccc1. The van der Waals surface area contributed by atoms with Gasteiger partial charge in [0.15, 0.2) is 0 Å². The van der Waals surface area contributed by atoms with Crippen LogP contribution in [0.2, 0.25) is 0 Å². The van der Waals surface area contributed by atoms with Crippen LogP contribution in [-0.2, 0) is 12.8 Å². The maximum absolute atomic E-state index is 2.66. The fraction of sp³-hybridized carbons (Fsp3) is 0.128. The molecule has 0 N–H and O–H groups in total. The summed E-state index contributed by atoms with van der Waals surface area (Å²) in [5, 5.41) is 2.74. The van der Waals surface area contributed by atoms with Gasteiger partial charge in [0, 0.05) is 50.3 Å². The van der Waals surface area contributed by atoms with Gasteiger partial charge in [-0.3, -0.25) is 0 Å². The second-order valence-corrected chi connectivity index (χ2v) is 12.5. The van der Waals surface area contributed by atoms with E-state index < -0.39 is 0 Å². The number of nitrogens with zero attached hydrogens (tertiary/aromatic N) is 3. The van der Waals surface area contributed by atoms with Gasteiger partial charge in [-0.25, -0.2) is 0 Å². The zero-order valence-electron chi connectivity index (χ0n) is 24.2. The molecule has 0 bridgehead atoms. The molecule has 0 fully saturated rings. The van der Waals surface area contributed by atoms with Crippen LogP contribution in [0, 0.1) is 6.92 Å². The molecule has 7 aromatic rings. The second kappa shape index (κ2) is 8.55. The summed E-state index contributed by atoms with van der Waals surface area (Å²) in [7, 11) is 0. The molecule has 2 aliphatic heterocycles. The molecule has 2 aromatic heterocycles. The second-order valence-electron chi connectivity index (χ2n) is 12.5. The van der Waals surface area contributed by atoms with E-state index in [4.69, 9.17) is 0 Å². The van der Waals surface area contributed by atoms with Crippen molar-refractivity contribution in [2.45, 2.75) is 32.6 Å². The van der Waals surface area contributed by atoms with Crippen LogP contribution in [0.3, 0.4) is 0 Å². The molecule has 0 amide bonds. The summed E-state index contributed by atoms with van der Waals surface area (Å²) in [5.74, 6) is 0. The van der Waals surface area contributed by atoms with E-state index in [-0.39, 0.29) is 6.71 Å². The summed E-state index contributed by atoms with van der Waals surface area (Å²) >= 11 is 0. The maximum Gasteiger partial charge on any atom is 0.273 e. The predicted octanol–water partition coefficient (Wildman–Crippen LogP) is 7.37. The van der Waals surface area contributed by atoms with Gasteiger partial charge in [0.2, 0.25) is 0 Å². The first-order chi connectivity index (χ1) is 21.3. The summed E-state index contributed by atoms with van der Waals surface area (Å²) in [6.45, 7) is 2.32. The third-order valence-corrected chi connectivity index (χ3v) is 10.1. The fourth-order valence-electron chi connectivity index (χ4n) is 8.50. The van der Waals surface area contributed by atoms with Crippen LogP contribution in [0.25, 0.3) is 33.2 Å². The number of hydrogen-bond donors (Lipinski definition) is 0. The van der Waals surface area contributed by atoms with Gasteiger partial charge < -0.3 is 14.0 Å². The lowest BCUT2D eigenvalue weighted by Crippen LogP contribution is -2.62. The normalized spacial score (nSPS) is 14.6. The molecule has 4 heteroatoms. The van der Waals surface area contributed by atoms with Gasteiger partial charge in [-0.1, -0.05) is 72.8 Å². The maximum atomic E-state index is 2.66. The quantitative estimate of drug-likeness (QED) is 0.205. The molecular weight excluding hydrogens is 521 g/mol. The van der Waals surface area contributed by atoms with E-state index in [2.05, 4.69) is 136 Å².